The summed E-state index contributed by atoms with van der Waals surface area (Å²) in [7, 11) is 0. The summed E-state index contributed by atoms with van der Waals surface area (Å²) in [4.78, 5) is 0. The average Bonchev–Trinajstić information content (AvgIpc) is 1.59. The van der Waals surface area contributed by atoms with E-state index in [1.54, 1.807) is 0 Å². The Morgan fingerprint density at radius 3 is 1.00 bits per heavy atom. The van der Waals surface area contributed by atoms with Gasteiger partial charge in [-0.15, -0.1) is 0 Å². The van der Waals surface area contributed by atoms with Gasteiger partial charge in [0.15, 0.2) is 0 Å². The Kier molecular flexibility index (Phi) is 5.99. The molecule has 0 amide bonds. The van der Waals surface area contributed by atoms with Crippen LogP contribution in [0.3, 0.4) is 0 Å². The average molecular weight is 330 g/mol. The van der Waals surface area contributed by atoms with Gasteiger partial charge in [0, 0.05) is 0 Å². The normalized spacial score (nSPS) is 12.3. The fraction of sp³-hybridized carbons (Fsp3) is 1.00. The molecule has 0 saturated heterocycles. The maximum atomic E-state index is 3.92. The first-order chi connectivity index (χ1) is 4.15. The summed E-state index contributed by atoms with van der Waals surface area (Å²) < 4.78 is 1.11. The molecule has 0 rings (SSSR count). The van der Waals surface area contributed by atoms with Gasteiger partial charge < -0.3 is 5.48 Å². The van der Waals surface area contributed by atoms with Crippen LogP contribution in [0.1, 0.15) is 41.5 Å². The summed E-state index contributed by atoms with van der Waals surface area (Å²) in [6, 6.07) is 0. The van der Waals surface area contributed by atoms with Gasteiger partial charge >= 0.3 is 78.6 Å². The number of halogens is 1. The van der Waals surface area contributed by atoms with Crippen LogP contribution in [0.2, 0.25) is 6.86 Å². The SMILES string of the molecule is C[C](C)(C)[Sn+]([Br])[C](C)(C)C.[OH-]. The molecule has 68 valence electrons. The van der Waals surface area contributed by atoms with Crippen molar-refractivity contribution in [2.24, 2.45) is 0 Å². The molecule has 0 atom stereocenters. The molecule has 11 heavy (non-hydrogen) atoms. The van der Waals surface area contributed by atoms with E-state index in [2.05, 4.69) is 54.2 Å². The van der Waals surface area contributed by atoms with Crippen molar-refractivity contribution in [1.29, 1.82) is 0 Å². The number of hydrogen-bond acceptors (Lipinski definition) is 1. The van der Waals surface area contributed by atoms with Crippen molar-refractivity contribution in [3.05, 3.63) is 0 Å². The molecule has 0 aromatic carbocycles. The predicted molar refractivity (Wildman–Crippen MR) is 56.0 cm³/mol. The Hall–Kier alpha value is 1.24. The van der Waals surface area contributed by atoms with Crippen molar-refractivity contribution < 1.29 is 5.48 Å². The first-order valence-corrected chi connectivity index (χ1v) is 12.9. The molecule has 0 aromatic heterocycles. The Bertz CT molecular complexity index is 98.2. The van der Waals surface area contributed by atoms with E-state index in [0.717, 1.165) is 0 Å². The summed E-state index contributed by atoms with van der Waals surface area (Å²) in [5.41, 5.74) is 0. The van der Waals surface area contributed by atoms with Crippen LogP contribution < -0.4 is 0 Å². The summed E-state index contributed by atoms with van der Waals surface area (Å²) in [6.07, 6.45) is 0. The third-order valence-corrected chi connectivity index (χ3v) is 24.8. The van der Waals surface area contributed by atoms with Crippen LogP contribution in [0.5, 0.6) is 0 Å². The topological polar surface area (TPSA) is 30.0 Å². The second kappa shape index (κ2) is 4.47. The van der Waals surface area contributed by atoms with Crippen molar-refractivity contribution in [2.45, 2.75) is 48.4 Å². The second-order valence-corrected chi connectivity index (χ2v) is 20.5. The Balaban J connectivity index is 0. The monoisotopic (exact) mass is 330 g/mol. The minimum atomic E-state index is -1.32. The van der Waals surface area contributed by atoms with E-state index in [-0.39, 0.29) is 5.48 Å². The Morgan fingerprint density at radius 2 is 1.00 bits per heavy atom. The first-order valence-electron chi connectivity index (χ1n) is 3.69. The van der Waals surface area contributed by atoms with Crippen LogP contribution in [-0.2, 0) is 0 Å². The van der Waals surface area contributed by atoms with E-state index in [9.17, 15) is 0 Å². The number of rotatable bonds is 0. The molecule has 0 aliphatic rings. The summed E-state index contributed by atoms with van der Waals surface area (Å²) in [5, 5.41) is 0. The number of hydrogen-bond donors (Lipinski definition) is 0. The van der Waals surface area contributed by atoms with Gasteiger partial charge in [-0.1, -0.05) is 0 Å². The molecule has 0 unspecified atom stereocenters. The third-order valence-electron chi connectivity index (χ3n) is 1.32. The molecule has 0 fully saturated rings. The van der Waals surface area contributed by atoms with Crippen LogP contribution in [0.15, 0.2) is 0 Å². The molecule has 1 N–H and O–H groups in total. The van der Waals surface area contributed by atoms with Crippen molar-refractivity contribution in [3.63, 3.8) is 0 Å². The molecule has 0 saturated carbocycles. The fourth-order valence-corrected chi connectivity index (χ4v) is 7.55. The zero-order valence-electron chi connectivity index (χ0n) is 8.33. The van der Waals surface area contributed by atoms with E-state index in [4.69, 9.17) is 0 Å². The van der Waals surface area contributed by atoms with Gasteiger partial charge in [0.1, 0.15) is 0 Å². The molecular formula is C8H19BrOSn. The Morgan fingerprint density at radius 1 is 0.818 bits per heavy atom. The molecule has 0 aliphatic carbocycles. The largest absolute Gasteiger partial charge is 0.870 e. The summed E-state index contributed by atoms with van der Waals surface area (Å²) in [5.74, 6) is 0. The minimum absolute atomic E-state index is 0. The fourth-order valence-electron chi connectivity index (χ4n) is 1.12. The maximum Gasteiger partial charge on any atom is -0.870 e. The van der Waals surface area contributed by atoms with Crippen LogP contribution >= 0.6 is 12.7 Å². The zero-order chi connectivity index (χ0) is 8.58. The van der Waals surface area contributed by atoms with E-state index in [1.165, 1.54) is 0 Å². The van der Waals surface area contributed by atoms with Crippen molar-refractivity contribution >= 4 is 30.2 Å². The van der Waals surface area contributed by atoms with E-state index >= 15 is 0 Å². The summed E-state index contributed by atoms with van der Waals surface area (Å²) >= 11 is 2.59. The minimum Gasteiger partial charge on any atom is -0.870 e. The molecule has 0 aromatic rings. The first kappa shape index (κ1) is 14.7. The standard InChI is InChI=1S/2C4H9.BrH.H2O.Sn/c2*1-4(2)3;;;/h2*1-3H3;1H;1H2;/q;;;;+2/p-2. The van der Waals surface area contributed by atoms with Gasteiger partial charge in [-0.3, -0.25) is 0 Å². The van der Waals surface area contributed by atoms with Gasteiger partial charge in [0.2, 0.25) is 0 Å². The molecule has 0 spiro atoms. The molecule has 3 heteroatoms. The van der Waals surface area contributed by atoms with Gasteiger partial charge in [-0.05, 0) is 0 Å². The van der Waals surface area contributed by atoms with Gasteiger partial charge in [-0.25, -0.2) is 0 Å². The predicted octanol–water partition coefficient (Wildman–Crippen LogP) is 3.80. The third kappa shape index (κ3) is 5.47. The van der Waals surface area contributed by atoms with Gasteiger partial charge in [0.25, 0.3) is 0 Å². The molecule has 0 bridgehead atoms. The van der Waals surface area contributed by atoms with Crippen LogP contribution in [0.25, 0.3) is 0 Å². The van der Waals surface area contributed by atoms with E-state index < -0.39 is 17.5 Å². The van der Waals surface area contributed by atoms with Crippen molar-refractivity contribution in [3.8, 4) is 0 Å². The van der Waals surface area contributed by atoms with Gasteiger partial charge in [-0.2, -0.15) is 0 Å². The van der Waals surface area contributed by atoms with Crippen molar-refractivity contribution in [2.75, 3.05) is 0 Å². The van der Waals surface area contributed by atoms with E-state index in [1.807, 2.05) is 0 Å². The molecule has 0 radical (unpaired) electrons. The second-order valence-electron chi connectivity index (χ2n) is 4.81. The van der Waals surface area contributed by atoms with Crippen molar-refractivity contribution in [1.82, 2.24) is 0 Å². The van der Waals surface area contributed by atoms with Crippen LogP contribution in [0, 0.1) is 0 Å². The van der Waals surface area contributed by atoms with E-state index in [0.29, 0.717) is 6.86 Å². The molecule has 0 aliphatic heterocycles. The van der Waals surface area contributed by atoms with Gasteiger partial charge in [0.05, 0.1) is 0 Å². The maximum absolute atomic E-state index is 3.92. The van der Waals surface area contributed by atoms with Crippen LogP contribution in [0.4, 0.5) is 0 Å². The smallest absolute Gasteiger partial charge is 0.870 e. The molecule has 1 nitrogen and oxygen atoms in total. The quantitative estimate of drug-likeness (QED) is 0.622. The summed E-state index contributed by atoms with van der Waals surface area (Å²) in [6.45, 7) is 14.1. The zero-order valence-corrected chi connectivity index (χ0v) is 12.8. The molecule has 0 heterocycles. The molecular weight excluding hydrogens is 311 g/mol. The Labute approximate surface area is 83.8 Å². The van der Waals surface area contributed by atoms with Crippen LogP contribution in [-0.4, -0.2) is 23.0 Å².